The van der Waals surface area contributed by atoms with Crippen LogP contribution in [0.5, 0.6) is 0 Å². The van der Waals surface area contributed by atoms with E-state index < -0.39 is 64.8 Å². The van der Waals surface area contributed by atoms with Crippen LogP contribution in [0.2, 0.25) is 0 Å². The van der Waals surface area contributed by atoms with Crippen molar-refractivity contribution in [3.8, 4) is 0 Å². The van der Waals surface area contributed by atoms with Gasteiger partial charge in [0, 0.05) is 0 Å². The van der Waals surface area contributed by atoms with E-state index in [1.807, 2.05) is 6.92 Å². The molecule has 1 aliphatic rings. The lowest BCUT2D eigenvalue weighted by molar-refractivity contribution is -0.235. The number of ether oxygens (including phenoxy) is 2. The van der Waals surface area contributed by atoms with E-state index in [0.29, 0.717) is 18.4 Å². The zero-order valence-corrected chi connectivity index (χ0v) is 31.3. The Labute approximate surface area is 308 Å². The van der Waals surface area contributed by atoms with Gasteiger partial charge in [-0.3, -0.25) is 19.2 Å². The molecule has 53 heavy (non-hydrogen) atoms. The molecule has 0 N–H and O–H groups in total. The fourth-order valence-corrected chi connectivity index (χ4v) is 6.00. The first-order valence-electron chi connectivity index (χ1n) is 17.5. The highest BCUT2D eigenvalue weighted by Crippen LogP contribution is 2.45. The number of benzene rings is 2. The number of hydrogen-bond acceptors (Lipinski definition) is 6. The maximum atomic E-state index is 13.8. The maximum absolute atomic E-state index is 13.8. The van der Waals surface area contributed by atoms with Crippen LogP contribution in [0.25, 0.3) is 12.2 Å². The number of ketones is 2. The van der Waals surface area contributed by atoms with Gasteiger partial charge in [0.1, 0.15) is 17.1 Å². The summed E-state index contributed by atoms with van der Waals surface area (Å²) in [7, 11) is 0. The number of carbonyl (C=O) groups excluding carboxylic acids is 4. The van der Waals surface area contributed by atoms with E-state index in [0.717, 1.165) is 55.4 Å². The van der Waals surface area contributed by atoms with Crippen molar-refractivity contribution in [3.05, 3.63) is 83.4 Å². The van der Waals surface area contributed by atoms with E-state index in [1.165, 1.54) is 20.8 Å². The van der Waals surface area contributed by atoms with Crippen molar-refractivity contribution in [3.63, 3.8) is 0 Å². The van der Waals surface area contributed by atoms with Gasteiger partial charge in [-0.15, -0.1) is 0 Å². The highest BCUT2D eigenvalue weighted by atomic mass is 19.4. The third-order valence-corrected chi connectivity index (χ3v) is 9.34. The molecule has 1 aliphatic carbocycles. The zero-order chi connectivity index (χ0) is 40.4. The Bertz CT molecular complexity index is 1610. The smallest absolute Gasteiger partial charge is 0.451 e. The predicted octanol–water partition coefficient (Wildman–Crippen LogP) is 10.3. The molecule has 0 heterocycles. The minimum absolute atomic E-state index is 0.0867. The molecule has 1 fully saturated rings. The van der Waals surface area contributed by atoms with Crippen molar-refractivity contribution in [1.82, 2.24) is 0 Å². The largest absolute Gasteiger partial charge is 0.462 e. The number of rotatable bonds is 13. The van der Waals surface area contributed by atoms with E-state index in [9.17, 15) is 45.5 Å². The van der Waals surface area contributed by atoms with E-state index in [4.69, 9.17) is 9.47 Å². The molecule has 0 aromatic heterocycles. The summed E-state index contributed by atoms with van der Waals surface area (Å²) < 4.78 is 91.1. The Hall–Kier alpha value is -4.22. The molecule has 2 atom stereocenters. The Kier molecular flexibility index (Phi) is 15.4. The summed E-state index contributed by atoms with van der Waals surface area (Å²) in [6, 6.07) is 12.2. The van der Waals surface area contributed by atoms with Crippen LogP contribution in [0.1, 0.15) is 107 Å². The fourth-order valence-electron chi connectivity index (χ4n) is 6.00. The molecule has 1 saturated carbocycles. The van der Waals surface area contributed by atoms with Crippen LogP contribution in [-0.2, 0) is 41.5 Å². The molecule has 3 rings (SSSR count). The summed E-state index contributed by atoms with van der Waals surface area (Å²) >= 11 is 0. The standard InChI is InChI=1S/C21H25F3O3.C20H25F3O3/c1-3-15-9-11-16(12-10-15)13-14-20(2,18(25)21(22,23)24)19(26)27-17-7-5-4-6-8-17;1-7-16-9-8-15(12-13(16)2)10-11-19(14(3)24,20(21,22)23)17(25)26-18(4,5)6/h3,9-12,17H,1,4-8,13-14H2,2H3;7-9,12H,1,10-11H2,2-6H3. The number of halogens is 6. The molecule has 0 aliphatic heterocycles. The summed E-state index contributed by atoms with van der Waals surface area (Å²) in [6.45, 7) is 15.3. The van der Waals surface area contributed by atoms with Crippen molar-refractivity contribution in [2.75, 3.05) is 0 Å². The van der Waals surface area contributed by atoms with Gasteiger partial charge in [-0.05, 0) is 121 Å². The number of hydrogen-bond donors (Lipinski definition) is 0. The summed E-state index contributed by atoms with van der Waals surface area (Å²) in [5, 5.41) is 0. The van der Waals surface area contributed by atoms with E-state index >= 15 is 0 Å². The minimum atomic E-state index is -5.09. The van der Waals surface area contributed by atoms with Gasteiger partial charge in [-0.2, -0.15) is 26.3 Å². The molecular formula is C41H50F6O6. The number of aryl methyl sites for hydroxylation is 3. The van der Waals surface area contributed by atoms with Crippen LogP contribution < -0.4 is 0 Å². The molecule has 12 heteroatoms. The Morgan fingerprint density at radius 2 is 1.32 bits per heavy atom. The molecule has 0 spiro atoms. The molecule has 2 aromatic rings. The average Bonchev–Trinajstić information content (AvgIpc) is 3.06. The van der Waals surface area contributed by atoms with Crippen LogP contribution in [0.4, 0.5) is 26.3 Å². The first kappa shape index (κ1) is 44.9. The van der Waals surface area contributed by atoms with Gasteiger partial charge in [0.05, 0.1) is 0 Å². The van der Waals surface area contributed by atoms with Crippen LogP contribution >= 0.6 is 0 Å². The van der Waals surface area contributed by atoms with Gasteiger partial charge < -0.3 is 9.47 Å². The summed E-state index contributed by atoms with van der Waals surface area (Å²) in [5.41, 5.74) is -2.60. The van der Waals surface area contributed by atoms with Crippen LogP contribution in [0.3, 0.4) is 0 Å². The number of carbonyl (C=O) groups is 4. The molecule has 0 radical (unpaired) electrons. The number of esters is 2. The van der Waals surface area contributed by atoms with Crippen LogP contribution in [0.15, 0.2) is 55.6 Å². The summed E-state index contributed by atoms with van der Waals surface area (Å²) in [4.78, 5) is 49.0. The van der Waals surface area contributed by atoms with Gasteiger partial charge >= 0.3 is 24.3 Å². The number of Topliss-reactive ketones (excluding diaryl/α,β-unsaturated/α-hetero) is 2. The second-order valence-corrected chi connectivity index (χ2v) is 14.6. The average molecular weight is 753 g/mol. The van der Waals surface area contributed by atoms with Gasteiger partial charge in [-0.1, -0.05) is 74.2 Å². The molecule has 0 bridgehead atoms. The number of alkyl halides is 6. The van der Waals surface area contributed by atoms with Crippen molar-refractivity contribution >= 4 is 35.7 Å². The van der Waals surface area contributed by atoms with E-state index in [1.54, 1.807) is 54.6 Å². The normalized spacial score (nSPS) is 16.2. The first-order valence-corrected chi connectivity index (χ1v) is 17.5. The topological polar surface area (TPSA) is 86.7 Å². The first-order chi connectivity index (χ1) is 24.4. The summed E-state index contributed by atoms with van der Waals surface area (Å²) in [5.74, 6) is -5.93. The van der Waals surface area contributed by atoms with Gasteiger partial charge in [0.15, 0.2) is 5.78 Å². The highest BCUT2D eigenvalue weighted by molar-refractivity contribution is 6.06. The van der Waals surface area contributed by atoms with Gasteiger partial charge in [0.2, 0.25) is 5.41 Å². The van der Waals surface area contributed by atoms with Crippen LogP contribution in [-0.4, -0.2) is 47.6 Å². The molecule has 0 saturated heterocycles. The quantitative estimate of drug-likeness (QED) is 0.115. The second kappa shape index (κ2) is 18.2. The molecule has 0 amide bonds. The SMILES string of the molecule is C=Cc1ccc(CCC(C(C)=O)(C(=O)OC(C)(C)C)C(F)(F)F)cc1C.C=Cc1ccc(CCC(C)(C(=O)OC2CCCCC2)C(=O)C(F)(F)F)cc1. The van der Waals surface area contributed by atoms with Crippen molar-refractivity contribution in [2.45, 2.75) is 123 Å². The zero-order valence-electron chi connectivity index (χ0n) is 31.3. The Balaban J connectivity index is 0.000000367. The Morgan fingerprint density at radius 3 is 1.77 bits per heavy atom. The lowest BCUT2D eigenvalue weighted by Crippen LogP contribution is -2.53. The van der Waals surface area contributed by atoms with E-state index in [-0.39, 0.29) is 19.3 Å². The predicted molar refractivity (Wildman–Crippen MR) is 192 cm³/mol. The lowest BCUT2D eigenvalue weighted by atomic mass is 9.77. The maximum Gasteiger partial charge on any atom is 0.451 e. The van der Waals surface area contributed by atoms with Gasteiger partial charge in [0.25, 0.3) is 5.78 Å². The van der Waals surface area contributed by atoms with E-state index in [2.05, 4.69) is 13.2 Å². The molecule has 2 aromatic carbocycles. The molecule has 2 unspecified atom stereocenters. The van der Waals surface area contributed by atoms with Gasteiger partial charge in [-0.25, -0.2) is 0 Å². The van der Waals surface area contributed by atoms with Crippen molar-refractivity contribution in [2.24, 2.45) is 10.8 Å². The minimum Gasteiger partial charge on any atom is -0.462 e. The van der Waals surface area contributed by atoms with Crippen molar-refractivity contribution in [1.29, 1.82) is 0 Å². The molecular weight excluding hydrogens is 702 g/mol. The molecule has 6 nitrogen and oxygen atoms in total. The highest BCUT2D eigenvalue weighted by Gasteiger charge is 2.65. The van der Waals surface area contributed by atoms with Crippen molar-refractivity contribution < 1.29 is 55.0 Å². The third-order valence-electron chi connectivity index (χ3n) is 9.34. The second-order valence-electron chi connectivity index (χ2n) is 14.6. The van der Waals surface area contributed by atoms with Crippen LogP contribution in [0, 0.1) is 17.8 Å². The lowest BCUT2D eigenvalue weighted by Gasteiger charge is -2.34. The summed E-state index contributed by atoms with van der Waals surface area (Å²) in [6.07, 6.45) is -4.09. The third kappa shape index (κ3) is 12.2. The fraction of sp³-hybridized carbons (Fsp3) is 0.512. The Morgan fingerprint density at radius 1 is 0.774 bits per heavy atom. The monoisotopic (exact) mass is 752 g/mol. The molecule has 292 valence electrons.